The number of aryl methyl sites for hydroxylation is 2. The van der Waals surface area contributed by atoms with E-state index in [1.54, 1.807) is 25.1 Å². The standard InChI is InChI=1S/C27H28ClF3N2O3/c1-18-15-24(19(2)36-18)26(34)33-13-11-32(12-14-33)16-25(21-5-9-23(28)10-6-21)35-17-20-3-7-22(8-4-20)27(29,30)31/h3-10,15,25H,11-14,16-17H2,1-2H3. The average molecular weight is 521 g/mol. The Balaban J connectivity index is 1.39. The molecule has 1 saturated heterocycles. The Labute approximate surface area is 213 Å². The lowest BCUT2D eigenvalue weighted by atomic mass is 10.1. The summed E-state index contributed by atoms with van der Waals surface area (Å²) in [6.45, 7) is 6.87. The van der Waals surface area contributed by atoms with Gasteiger partial charge in [-0.05, 0) is 55.3 Å². The molecule has 1 unspecified atom stereocenters. The number of hydrogen-bond acceptors (Lipinski definition) is 4. The minimum Gasteiger partial charge on any atom is -0.466 e. The third-order valence-corrected chi connectivity index (χ3v) is 6.58. The number of rotatable bonds is 7. The van der Waals surface area contributed by atoms with Gasteiger partial charge in [0.2, 0.25) is 0 Å². The molecule has 0 N–H and O–H groups in total. The van der Waals surface area contributed by atoms with Gasteiger partial charge in [0.25, 0.3) is 5.91 Å². The Morgan fingerprint density at radius 3 is 2.22 bits per heavy atom. The lowest BCUT2D eigenvalue weighted by Crippen LogP contribution is -2.49. The Hall–Kier alpha value is -2.81. The molecular weight excluding hydrogens is 493 g/mol. The van der Waals surface area contributed by atoms with E-state index in [2.05, 4.69) is 4.90 Å². The molecule has 1 amide bonds. The molecule has 1 aliphatic rings. The highest BCUT2D eigenvalue weighted by Gasteiger charge is 2.30. The van der Waals surface area contributed by atoms with Gasteiger partial charge in [-0.2, -0.15) is 13.2 Å². The van der Waals surface area contributed by atoms with Crippen molar-refractivity contribution < 1.29 is 27.1 Å². The molecule has 0 radical (unpaired) electrons. The van der Waals surface area contributed by atoms with E-state index in [1.165, 1.54) is 12.1 Å². The van der Waals surface area contributed by atoms with Crippen molar-refractivity contribution in [1.29, 1.82) is 0 Å². The molecule has 4 rings (SSSR count). The van der Waals surface area contributed by atoms with Crippen molar-refractivity contribution in [1.82, 2.24) is 9.80 Å². The molecule has 3 aromatic rings. The number of benzene rings is 2. The molecule has 2 heterocycles. The van der Waals surface area contributed by atoms with Crippen LogP contribution in [0, 0.1) is 13.8 Å². The van der Waals surface area contributed by atoms with Gasteiger partial charge in [-0.3, -0.25) is 9.69 Å². The molecule has 1 aliphatic heterocycles. The van der Waals surface area contributed by atoms with Gasteiger partial charge in [-0.25, -0.2) is 0 Å². The SMILES string of the molecule is Cc1cc(C(=O)N2CCN(CC(OCc3ccc(C(F)(F)F)cc3)c3ccc(Cl)cc3)CC2)c(C)o1. The number of piperazine rings is 1. The van der Waals surface area contributed by atoms with Crippen LogP contribution in [0.3, 0.4) is 0 Å². The predicted octanol–water partition coefficient (Wildman–Crippen LogP) is 6.28. The number of amides is 1. The zero-order valence-corrected chi connectivity index (χ0v) is 20.9. The molecule has 5 nitrogen and oxygen atoms in total. The summed E-state index contributed by atoms with van der Waals surface area (Å²) in [5, 5.41) is 0.608. The van der Waals surface area contributed by atoms with E-state index in [9.17, 15) is 18.0 Å². The van der Waals surface area contributed by atoms with Crippen molar-refractivity contribution in [2.75, 3.05) is 32.7 Å². The van der Waals surface area contributed by atoms with Gasteiger partial charge in [-0.1, -0.05) is 35.9 Å². The number of furan rings is 1. The fraction of sp³-hybridized carbons (Fsp3) is 0.370. The maximum absolute atomic E-state index is 12.9. The van der Waals surface area contributed by atoms with Gasteiger partial charge in [-0.15, -0.1) is 0 Å². The zero-order valence-electron chi connectivity index (χ0n) is 20.1. The van der Waals surface area contributed by atoms with Crippen LogP contribution in [0.1, 0.15) is 44.7 Å². The monoisotopic (exact) mass is 520 g/mol. The minimum absolute atomic E-state index is 0.0307. The van der Waals surface area contributed by atoms with Crippen LogP contribution in [-0.2, 0) is 17.5 Å². The summed E-state index contributed by atoms with van der Waals surface area (Å²) < 4.78 is 50.3. The van der Waals surface area contributed by atoms with E-state index in [-0.39, 0.29) is 18.6 Å². The van der Waals surface area contributed by atoms with Crippen molar-refractivity contribution in [3.63, 3.8) is 0 Å². The van der Waals surface area contributed by atoms with Crippen LogP contribution in [0.4, 0.5) is 13.2 Å². The summed E-state index contributed by atoms with van der Waals surface area (Å²) in [7, 11) is 0. The first-order chi connectivity index (χ1) is 17.1. The summed E-state index contributed by atoms with van der Waals surface area (Å²) in [5.41, 5.74) is 1.49. The van der Waals surface area contributed by atoms with Crippen LogP contribution >= 0.6 is 11.6 Å². The van der Waals surface area contributed by atoms with Crippen LogP contribution < -0.4 is 0 Å². The second kappa shape index (κ2) is 11.1. The second-order valence-electron chi connectivity index (χ2n) is 8.97. The molecular formula is C27H28ClF3N2O3. The highest BCUT2D eigenvalue weighted by molar-refractivity contribution is 6.30. The Morgan fingerprint density at radius 1 is 1.03 bits per heavy atom. The number of ether oxygens (including phenoxy) is 1. The first-order valence-corrected chi connectivity index (χ1v) is 12.1. The van der Waals surface area contributed by atoms with E-state index in [1.807, 2.05) is 24.0 Å². The van der Waals surface area contributed by atoms with E-state index >= 15 is 0 Å². The average Bonchev–Trinajstić information content (AvgIpc) is 3.19. The molecule has 2 aromatic carbocycles. The Morgan fingerprint density at radius 2 is 1.67 bits per heavy atom. The zero-order chi connectivity index (χ0) is 25.9. The van der Waals surface area contributed by atoms with Crippen LogP contribution in [-0.4, -0.2) is 48.4 Å². The normalized spacial score (nSPS) is 15.8. The van der Waals surface area contributed by atoms with E-state index in [4.69, 9.17) is 20.8 Å². The van der Waals surface area contributed by atoms with Gasteiger partial charge >= 0.3 is 6.18 Å². The Kier molecular flexibility index (Phi) is 8.07. The number of carbonyl (C=O) groups excluding carboxylic acids is 1. The van der Waals surface area contributed by atoms with Crippen molar-refractivity contribution in [3.8, 4) is 0 Å². The van der Waals surface area contributed by atoms with Crippen molar-refractivity contribution >= 4 is 17.5 Å². The Bertz CT molecular complexity index is 1170. The lowest BCUT2D eigenvalue weighted by molar-refractivity contribution is -0.137. The van der Waals surface area contributed by atoms with Gasteiger partial charge in [0.05, 0.1) is 23.8 Å². The lowest BCUT2D eigenvalue weighted by Gasteiger charge is -2.36. The third-order valence-electron chi connectivity index (χ3n) is 6.33. The summed E-state index contributed by atoms with van der Waals surface area (Å²) in [6.07, 6.45) is -4.69. The van der Waals surface area contributed by atoms with Crippen LogP contribution in [0.25, 0.3) is 0 Å². The molecule has 192 valence electrons. The molecule has 0 spiro atoms. The number of nitrogens with zero attached hydrogens (tertiary/aromatic N) is 2. The van der Waals surface area contributed by atoms with Gasteiger partial charge in [0, 0.05) is 37.7 Å². The largest absolute Gasteiger partial charge is 0.466 e. The summed E-state index contributed by atoms with van der Waals surface area (Å²) in [5.74, 6) is 1.31. The topological polar surface area (TPSA) is 45.9 Å². The fourth-order valence-electron chi connectivity index (χ4n) is 4.30. The maximum Gasteiger partial charge on any atom is 0.416 e. The number of carbonyl (C=O) groups is 1. The second-order valence-corrected chi connectivity index (χ2v) is 9.40. The van der Waals surface area contributed by atoms with Crippen LogP contribution in [0.5, 0.6) is 0 Å². The molecule has 1 atom stereocenters. The van der Waals surface area contributed by atoms with Gasteiger partial charge in [0.15, 0.2) is 0 Å². The molecule has 1 fully saturated rings. The number of halogens is 4. The highest BCUT2D eigenvalue weighted by atomic mass is 35.5. The summed E-state index contributed by atoms with van der Waals surface area (Å²) >= 11 is 6.05. The number of alkyl halides is 3. The van der Waals surface area contributed by atoms with Crippen molar-refractivity contribution in [2.45, 2.75) is 32.7 Å². The molecule has 9 heteroatoms. The fourth-order valence-corrected chi connectivity index (χ4v) is 4.43. The van der Waals surface area contributed by atoms with Crippen LogP contribution in [0.15, 0.2) is 59.0 Å². The van der Waals surface area contributed by atoms with Crippen LogP contribution in [0.2, 0.25) is 5.02 Å². The molecule has 0 saturated carbocycles. The first-order valence-electron chi connectivity index (χ1n) is 11.7. The van der Waals surface area contributed by atoms with Gasteiger partial charge in [0.1, 0.15) is 11.5 Å². The maximum atomic E-state index is 12.9. The minimum atomic E-state index is -4.37. The molecule has 0 bridgehead atoms. The molecule has 0 aliphatic carbocycles. The molecule has 36 heavy (non-hydrogen) atoms. The predicted molar refractivity (Wildman–Crippen MR) is 131 cm³/mol. The smallest absolute Gasteiger partial charge is 0.416 e. The van der Waals surface area contributed by atoms with Gasteiger partial charge < -0.3 is 14.1 Å². The first kappa shape index (κ1) is 26.3. The van der Waals surface area contributed by atoms with Crippen molar-refractivity contribution in [3.05, 3.63) is 93.4 Å². The highest BCUT2D eigenvalue weighted by Crippen LogP contribution is 2.30. The van der Waals surface area contributed by atoms with E-state index in [0.29, 0.717) is 60.4 Å². The quantitative estimate of drug-likeness (QED) is 0.367. The van der Waals surface area contributed by atoms with Crippen molar-refractivity contribution in [2.24, 2.45) is 0 Å². The molecule has 1 aromatic heterocycles. The van der Waals surface area contributed by atoms with E-state index < -0.39 is 11.7 Å². The summed E-state index contributed by atoms with van der Waals surface area (Å²) in [6, 6.07) is 14.1. The summed E-state index contributed by atoms with van der Waals surface area (Å²) in [4.78, 5) is 17.0. The van der Waals surface area contributed by atoms with E-state index in [0.717, 1.165) is 17.7 Å². The third kappa shape index (κ3) is 6.49. The number of hydrogen-bond donors (Lipinski definition) is 0.